The number of hydrogen-bond donors (Lipinski definition) is 0. The number of benzene rings is 3. The van der Waals surface area contributed by atoms with Crippen LogP contribution in [0.5, 0.6) is 11.5 Å². The summed E-state index contributed by atoms with van der Waals surface area (Å²) in [7, 11) is 0. The Morgan fingerprint density at radius 3 is 2.44 bits per heavy atom. The maximum Gasteiger partial charge on any atom is 0.350 e. The van der Waals surface area contributed by atoms with Crippen molar-refractivity contribution in [2.75, 3.05) is 13.2 Å². The normalized spacial score (nSPS) is 12.5. The molecule has 7 heteroatoms. The van der Waals surface area contributed by atoms with Gasteiger partial charge in [0.05, 0.1) is 18.9 Å². The minimum Gasteiger partial charge on any atom is -0.493 e. The number of hydrogen-bond acceptors (Lipinski definition) is 7. The van der Waals surface area contributed by atoms with Crippen molar-refractivity contribution in [1.29, 1.82) is 0 Å². The standard InChI is InChI=1S/C34H33NO5S/c1-4-37-33(36)34(3,40-30-11-6-5-7-12-30)22-25-13-15-29(16-14-25)38-19-17-31-24(2)39-32(35-31)27-10-8-9-26(21-27)28-18-20-41-23-28/h5-16,18,20-21,23H,4,17,19,22H2,1-3H3. The van der Waals surface area contributed by atoms with E-state index in [0.717, 1.165) is 33.9 Å². The number of oxazole rings is 1. The number of thiophene rings is 1. The van der Waals surface area contributed by atoms with Crippen molar-refractivity contribution >= 4 is 17.3 Å². The SMILES string of the molecule is CCOC(=O)C(C)(Cc1ccc(OCCc2nc(-c3cccc(-c4ccsc4)c3)oc2C)cc1)Oc1ccccc1. The zero-order valence-corrected chi connectivity index (χ0v) is 24.3. The molecule has 2 heterocycles. The minimum absolute atomic E-state index is 0.285. The molecule has 210 valence electrons. The topological polar surface area (TPSA) is 70.8 Å². The lowest BCUT2D eigenvalue weighted by atomic mass is 9.96. The summed E-state index contributed by atoms with van der Waals surface area (Å²) in [6.45, 7) is 6.22. The Balaban J connectivity index is 1.19. The summed E-state index contributed by atoms with van der Waals surface area (Å²) in [6.07, 6.45) is 0.975. The van der Waals surface area contributed by atoms with E-state index in [0.29, 0.717) is 31.1 Å². The van der Waals surface area contributed by atoms with Gasteiger partial charge in [0.15, 0.2) is 0 Å². The third-order valence-corrected chi connectivity index (χ3v) is 7.41. The van der Waals surface area contributed by atoms with Gasteiger partial charge in [0.2, 0.25) is 11.5 Å². The van der Waals surface area contributed by atoms with Crippen LogP contribution < -0.4 is 9.47 Å². The zero-order valence-electron chi connectivity index (χ0n) is 23.5. The van der Waals surface area contributed by atoms with Gasteiger partial charge in [-0.25, -0.2) is 9.78 Å². The van der Waals surface area contributed by atoms with Crippen molar-refractivity contribution in [2.45, 2.75) is 39.2 Å². The van der Waals surface area contributed by atoms with Gasteiger partial charge in [-0.3, -0.25) is 0 Å². The predicted molar refractivity (Wildman–Crippen MR) is 161 cm³/mol. The van der Waals surface area contributed by atoms with Gasteiger partial charge in [-0.05, 0) is 90.7 Å². The molecular formula is C34H33NO5S. The number of ether oxygens (including phenoxy) is 3. The molecule has 41 heavy (non-hydrogen) atoms. The summed E-state index contributed by atoms with van der Waals surface area (Å²) in [4.78, 5) is 17.6. The lowest BCUT2D eigenvalue weighted by Gasteiger charge is -2.28. The molecule has 0 bridgehead atoms. The van der Waals surface area contributed by atoms with Crippen LogP contribution in [-0.2, 0) is 22.4 Å². The molecule has 3 aromatic carbocycles. The number of para-hydroxylation sites is 1. The van der Waals surface area contributed by atoms with Gasteiger partial charge < -0.3 is 18.6 Å². The smallest absolute Gasteiger partial charge is 0.350 e. The van der Waals surface area contributed by atoms with Crippen LogP contribution in [0.15, 0.2) is 100 Å². The highest BCUT2D eigenvalue weighted by Crippen LogP contribution is 2.29. The van der Waals surface area contributed by atoms with Crippen LogP contribution in [0, 0.1) is 6.92 Å². The predicted octanol–water partition coefficient (Wildman–Crippen LogP) is 7.94. The highest BCUT2D eigenvalue weighted by atomic mass is 32.1. The van der Waals surface area contributed by atoms with Crippen LogP contribution in [0.4, 0.5) is 0 Å². The summed E-state index contributed by atoms with van der Waals surface area (Å²) in [5, 5.41) is 4.21. The summed E-state index contributed by atoms with van der Waals surface area (Å²) in [5.74, 6) is 2.35. The van der Waals surface area contributed by atoms with Gasteiger partial charge in [0, 0.05) is 18.4 Å². The Morgan fingerprint density at radius 2 is 1.71 bits per heavy atom. The molecule has 6 nitrogen and oxygen atoms in total. The number of carbonyl (C=O) groups excluding carboxylic acids is 1. The van der Waals surface area contributed by atoms with Crippen molar-refractivity contribution in [1.82, 2.24) is 4.98 Å². The van der Waals surface area contributed by atoms with Gasteiger partial charge in [-0.15, -0.1) is 0 Å². The lowest BCUT2D eigenvalue weighted by molar-refractivity contribution is -0.160. The van der Waals surface area contributed by atoms with E-state index in [9.17, 15) is 4.79 Å². The number of rotatable bonds is 12. The number of esters is 1. The fourth-order valence-corrected chi connectivity index (χ4v) is 5.25. The molecule has 0 aliphatic heterocycles. The first-order valence-corrected chi connectivity index (χ1v) is 14.6. The molecule has 5 aromatic rings. The average Bonchev–Trinajstić information content (AvgIpc) is 3.65. The summed E-state index contributed by atoms with van der Waals surface area (Å²) >= 11 is 1.68. The van der Waals surface area contributed by atoms with E-state index < -0.39 is 11.6 Å². The fourth-order valence-electron chi connectivity index (χ4n) is 4.58. The molecule has 5 rings (SSSR count). The molecule has 0 saturated heterocycles. The van der Waals surface area contributed by atoms with Crippen molar-refractivity contribution in [2.24, 2.45) is 0 Å². The third kappa shape index (κ3) is 7.05. The molecule has 0 N–H and O–H groups in total. The maximum absolute atomic E-state index is 12.8. The number of aryl methyl sites for hydroxylation is 1. The molecule has 0 radical (unpaired) electrons. The number of nitrogens with zero attached hydrogens (tertiary/aromatic N) is 1. The van der Waals surface area contributed by atoms with Crippen LogP contribution in [0.3, 0.4) is 0 Å². The van der Waals surface area contributed by atoms with Crippen molar-refractivity contribution in [3.63, 3.8) is 0 Å². The van der Waals surface area contributed by atoms with E-state index in [-0.39, 0.29) is 6.61 Å². The molecule has 0 amide bonds. The highest BCUT2D eigenvalue weighted by molar-refractivity contribution is 7.08. The van der Waals surface area contributed by atoms with E-state index in [1.807, 2.05) is 73.7 Å². The first-order valence-electron chi connectivity index (χ1n) is 13.7. The summed E-state index contributed by atoms with van der Waals surface area (Å²) in [6, 6.07) is 27.4. The number of carbonyl (C=O) groups is 1. The Labute approximate surface area is 244 Å². The highest BCUT2D eigenvalue weighted by Gasteiger charge is 2.37. The molecule has 0 spiro atoms. The Bertz CT molecular complexity index is 1560. The minimum atomic E-state index is -1.16. The van der Waals surface area contributed by atoms with Crippen LogP contribution >= 0.6 is 11.3 Å². The zero-order chi connectivity index (χ0) is 28.7. The molecular weight excluding hydrogens is 534 g/mol. The maximum atomic E-state index is 12.8. The van der Waals surface area contributed by atoms with Gasteiger partial charge in [-0.2, -0.15) is 11.3 Å². The van der Waals surface area contributed by atoms with Crippen LogP contribution in [0.1, 0.15) is 30.9 Å². The monoisotopic (exact) mass is 567 g/mol. The first-order chi connectivity index (χ1) is 19.9. The van der Waals surface area contributed by atoms with Crippen LogP contribution in [0.2, 0.25) is 0 Å². The second kappa shape index (κ2) is 12.9. The first kappa shape index (κ1) is 28.2. The third-order valence-electron chi connectivity index (χ3n) is 6.72. The van der Waals surface area contributed by atoms with Crippen molar-refractivity contribution in [3.05, 3.63) is 113 Å². The summed E-state index contributed by atoms with van der Waals surface area (Å²) < 4.78 is 23.5. The van der Waals surface area contributed by atoms with E-state index in [4.69, 9.17) is 23.6 Å². The lowest BCUT2D eigenvalue weighted by Crippen LogP contribution is -2.45. The van der Waals surface area contributed by atoms with E-state index in [1.165, 1.54) is 5.56 Å². The van der Waals surface area contributed by atoms with Gasteiger partial charge in [0.25, 0.3) is 0 Å². The molecule has 1 atom stereocenters. The second-order valence-electron chi connectivity index (χ2n) is 9.90. The molecule has 0 aliphatic carbocycles. The Morgan fingerprint density at radius 1 is 0.927 bits per heavy atom. The van der Waals surface area contributed by atoms with Gasteiger partial charge in [-0.1, -0.05) is 42.5 Å². The van der Waals surface area contributed by atoms with Gasteiger partial charge in [0.1, 0.15) is 17.3 Å². The fraction of sp³-hybridized carbons (Fsp3) is 0.235. The average molecular weight is 568 g/mol. The van der Waals surface area contributed by atoms with Crippen molar-refractivity contribution < 1.29 is 23.4 Å². The molecule has 0 saturated carbocycles. The van der Waals surface area contributed by atoms with E-state index in [1.54, 1.807) is 25.2 Å². The van der Waals surface area contributed by atoms with Crippen LogP contribution in [0.25, 0.3) is 22.6 Å². The quantitative estimate of drug-likeness (QED) is 0.143. The molecule has 2 aromatic heterocycles. The molecule has 0 fully saturated rings. The Hall–Kier alpha value is -4.36. The van der Waals surface area contributed by atoms with Crippen molar-refractivity contribution in [3.8, 4) is 34.1 Å². The Kier molecular flexibility index (Phi) is 8.85. The van der Waals surface area contributed by atoms with E-state index in [2.05, 4.69) is 29.0 Å². The molecule has 1 unspecified atom stereocenters. The van der Waals surface area contributed by atoms with Crippen LogP contribution in [-0.4, -0.2) is 29.8 Å². The summed E-state index contributed by atoms with van der Waals surface area (Å²) in [5.41, 5.74) is 3.93. The number of aromatic nitrogens is 1. The van der Waals surface area contributed by atoms with Gasteiger partial charge >= 0.3 is 5.97 Å². The second-order valence-corrected chi connectivity index (χ2v) is 10.7. The largest absolute Gasteiger partial charge is 0.493 e. The molecule has 0 aliphatic rings. The van der Waals surface area contributed by atoms with E-state index >= 15 is 0 Å².